The Morgan fingerprint density at radius 3 is 2.45 bits per heavy atom. The van der Waals surface area contributed by atoms with E-state index in [1.807, 2.05) is 0 Å². The molecule has 29 heavy (non-hydrogen) atoms. The third-order valence-electron chi connectivity index (χ3n) is 4.40. The van der Waals surface area contributed by atoms with E-state index in [0.29, 0.717) is 24.2 Å². The minimum atomic E-state index is -4.02. The minimum Gasteiger partial charge on any atom is -0.390 e. The van der Waals surface area contributed by atoms with Crippen molar-refractivity contribution in [3.05, 3.63) is 0 Å². The molecule has 1 aliphatic carbocycles. The number of aliphatic hydroxyl groups is 1. The van der Waals surface area contributed by atoms with Crippen molar-refractivity contribution >= 4 is 44.2 Å². The fraction of sp³-hybridized carbons (Fsp3) is 0.643. The van der Waals surface area contributed by atoms with Crippen LogP contribution in [-0.2, 0) is 29.1 Å². The predicted molar refractivity (Wildman–Crippen MR) is 99.8 cm³/mol. The number of primary amides is 1. The number of carbonyl (C=O) groups is 3. The highest BCUT2D eigenvalue weighted by molar-refractivity contribution is 7.91. The number of nitrogens with zero attached hydrogens (tertiary/aromatic N) is 2. The standard InChI is InChI=1S/C14H22N6O7S2/c1-27-7-3-2-6(11(23)10(7)12(15)24)17-8(21)4-5-9(22)18-13-19-20-14(28-13)29(16,25)26/h6-7,10-11,23H,2-5H2,1H3,(H2,15,24)(H,17,21)(H2,16,25,26)(H,18,19,22). The number of anilines is 1. The second-order valence-corrected chi connectivity index (χ2v) is 9.12. The predicted octanol–water partition coefficient (Wildman–Crippen LogP) is -2.34. The van der Waals surface area contributed by atoms with E-state index in [2.05, 4.69) is 20.8 Å². The Labute approximate surface area is 170 Å². The van der Waals surface area contributed by atoms with Gasteiger partial charge in [-0.25, -0.2) is 13.6 Å². The van der Waals surface area contributed by atoms with Gasteiger partial charge in [0.1, 0.15) is 0 Å². The van der Waals surface area contributed by atoms with E-state index >= 15 is 0 Å². The Morgan fingerprint density at radius 2 is 1.90 bits per heavy atom. The van der Waals surface area contributed by atoms with Crippen LogP contribution in [-0.4, -0.2) is 66.8 Å². The van der Waals surface area contributed by atoms with E-state index in [4.69, 9.17) is 15.6 Å². The first-order valence-corrected chi connectivity index (χ1v) is 10.8. The van der Waals surface area contributed by atoms with Crippen LogP contribution in [0.5, 0.6) is 0 Å². The van der Waals surface area contributed by atoms with Crippen LogP contribution in [0.25, 0.3) is 0 Å². The summed E-state index contributed by atoms with van der Waals surface area (Å²) in [5, 5.41) is 26.9. The SMILES string of the molecule is COC1CCC(NC(=O)CCC(=O)Nc2nnc(S(N)(=O)=O)s2)C(O)C1C(N)=O. The van der Waals surface area contributed by atoms with Gasteiger partial charge in [-0.05, 0) is 12.8 Å². The number of methoxy groups -OCH3 is 1. The third kappa shape index (κ3) is 6.14. The molecule has 162 valence electrons. The molecule has 13 nitrogen and oxygen atoms in total. The molecular formula is C14H22N6O7S2. The van der Waals surface area contributed by atoms with E-state index in [-0.39, 0.29) is 18.0 Å². The summed E-state index contributed by atoms with van der Waals surface area (Å²) in [6.45, 7) is 0. The zero-order valence-corrected chi connectivity index (χ0v) is 17.0. The maximum absolute atomic E-state index is 12.1. The van der Waals surface area contributed by atoms with Gasteiger partial charge in [0.25, 0.3) is 10.0 Å². The molecule has 1 aromatic rings. The van der Waals surface area contributed by atoms with Gasteiger partial charge in [-0.3, -0.25) is 14.4 Å². The summed E-state index contributed by atoms with van der Waals surface area (Å²) in [5.41, 5.74) is 5.32. The lowest BCUT2D eigenvalue weighted by atomic mass is 9.80. The number of rotatable bonds is 8. The highest BCUT2D eigenvalue weighted by Crippen LogP contribution is 2.27. The molecule has 1 aromatic heterocycles. The highest BCUT2D eigenvalue weighted by atomic mass is 32.2. The van der Waals surface area contributed by atoms with Crippen molar-refractivity contribution in [2.75, 3.05) is 12.4 Å². The average Bonchev–Trinajstić information content (AvgIpc) is 3.10. The number of sulfonamides is 1. The van der Waals surface area contributed by atoms with Crippen LogP contribution < -0.4 is 21.5 Å². The lowest BCUT2D eigenvalue weighted by Crippen LogP contribution is -2.57. The van der Waals surface area contributed by atoms with Gasteiger partial charge in [0.05, 0.1) is 24.2 Å². The van der Waals surface area contributed by atoms with Gasteiger partial charge < -0.3 is 26.2 Å². The smallest absolute Gasteiger partial charge is 0.267 e. The van der Waals surface area contributed by atoms with Crippen molar-refractivity contribution in [1.82, 2.24) is 15.5 Å². The number of ether oxygens (including phenoxy) is 1. The van der Waals surface area contributed by atoms with Crippen LogP contribution in [0.1, 0.15) is 25.7 Å². The molecule has 0 aromatic carbocycles. The fourth-order valence-corrected chi connectivity index (χ4v) is 4.35. The number of aromatic nitrogens is 2. The monoisotopic (exact) mass is 450 g/mol. The van der Waals surface area contributed by atoms with Crippen molar-refractivity contribution in [1.29, 1.82) is 0 Å². The summed E-state index contributed by atoms with van der Waals surface area (Å²) >= 11 is 0.580. The van der Waals surface area contributed by atoms with Crippen LogP contribution in [0.4, 0.5) is 5.13 Å². The van der Waals surface area contributed by atoms with E-state index in [1.54, 1.807) is 0 Å². The molecule has 0 spiro atoms. The van der Waals surface area contributed by atoms with Crippen LogP contribution >= 0.6 is 11.3 Å². The Balaban J connectivity index is 1.84. The topological polar surface area (TPSA) is 217 Å². The number of nitrogens with two attached hydrogens (primary N) is 2. The fourth-order valence-electron chi connectivity index (χ4n) is 3.00. The molecule has 15 heteroatoms. The molecular weight excluding hydrogens is 428 g/mol. The lowest BCUT2D eigenvalue weighted by molar-refractivity contribution is -0.140. The molecule has 3 amide bonds. The van der Waals surface area contributed by atoms with Gasteiger partial charge in [0, 0.05) is 20.0 Å². The van der Waals surface area contributed by atoms with Crippen molar-refractivity contribution in [3.63, 3.8) is 0 Å². The van der Waals surface area contributed by atoms with Crippen LogP contribution in [0, 0.1) is 5.92 Å². The zero-order valence-electron chi connectivity index (χ0n) is 15.4. The molecule has 0 saturated heterocycles. The molecule has 4 unspecified atom stereocenters. The molecule has 4 atom stereocenters. The number of amides is 3. The maximum Gasteiger partial charge on any atom is 0.267 e. The van der Waals surface area contributed by atoms with E-state index in [9.17, 15) is 27.9 Å². The molecule has 1 saturated carbocycles. The second kappa shape index (κ2) is 9.53. The van der Waals surface area contributed by atoms with Crippen LogP contribution in [0.3, 0.4) is 0 Å². The number of aliphatic hydroxyl groups excluding tert-OH is 1. The van der Waals surface area contributed by atoms with Gasteiger partial charge in [-0.1, -0.05) is 11.3 Å². The highest BCUT2D eigenvalue weighted by Gasteiger charge is 2.42. The third-order valence-corrected chi connectivity index (χ3v) is 6.54. The summed E-state index contributed by atoms with van der Waals surface area (Å²) in [4.78, 5) is 35.6. The first kappa shape index (κ1) is 23.1. The molecule has 0 bridgehead atoms. The van der Waals surface area contributed by atoms with Crippen molar-refractivity contribution < 1.29 is 32.6 Å². The van der Waals surface area contributed by atoms with Crippen molar-refractivity contribution in [2.24, 2.45) is 16.8 Å². The number of hydrogen-bond acceptors (Lipinski definition) is 10. The van der Waals surface area contributed by atoms with Gasteiger partial charge in [0.15, 0.2) is 0 Å². The maximum atomic E-state index is 12.1. The van der Waals surface area contributed by atoms with Crippen molar-refractivity contribution in [2.45, 2.75) is 48.3 Å². The van der Waals surface area contributed by atoms with Crippen molar-refractivity contribution in [3.8, 4) is 0 Å². The van der Waals surface area contributed by atoms with Crippen LogP contribution in [0.15, 0.2) is 4.34 Å². The largest absolute Gasteiger partial charge is 0.390 e. The van der Waals surface area contributed by atoms with Crippen LogP contribution in [0.2, 0.25) is 0 Å². The normalized spacial score (nSPS) is 24.7. The first-order valence-electron chi connectivity index (χ1n) is 8.48. The summed E-state index contributed by atoms with van der Waals surface area (Å²) in [7, 11) is -2.61. The van der Waals surface area contributed by atoms with Gasteiger partial charge >= 0.3 is 0 Å². The first-order chi connectivity index (χ1) is 13.5. The number of hydrogen-bond donors (Lipinski definition) is 5. The molecule has 0 radical (unpaired) electrons. The van der Waals surface area contributed by atoms with E-state index in [0.717, 1.165) is 0 Å². The Hall–Kier alpha value is -2.20. The van der Waals surface area contributed by atoms with Gasteiger partial charge in [-0.2, -0.15) is 0 Å². The van der Waals surface area contributed by atoms with E-state index < -0.39 is 56.3 Å². The summed E-state index contributed by atoms with van der Waals surface area (Å²) < 4.78 is 27.0. The summed E-state index contributed by atoms with van der Waals surface area (Å²) in [6.07, 6.45) is -1.36. The second-order valence-electron chi connectivity index (χ2n) is 6.41. The van der Waals surface area contributed by atoms with E-state index in [1.165, 1.54) is 7.11 Å². The Morgan fingerprint density at radius 1 is 1.24 bits per heavy atom. The molecule has 7 N–H and O–H groups in total. The Kier molecular flexibility index (Phi) is 7.59. The lowest BCUT2D eigenvalue weighted by Gasteiger charge is -2.38. The van der Waals surface area contributed by atoms with Gasteiger partial charge in [-0.15, -0.1) is 10.2 Å². The molecule has 2 rings (SSSR count). The Bertz CT molecular complexity index is 874. The molecule has 1 fully saturated rings. The average molecular weight is 450 g/mol. The van der Waals surface area contributed by atoms with Gasteiger partial charge in [0.2, 0.25) is 27.2 Å². The number of nitrogens with one attached hydrogen (secondary N) is 2. The molecule has 1 aliphatic rings. The zero-order chi connectivity index (χ0) is 21.8. The minimum absolute atomic E-state index is 0.0722. The molecule has 0 aliphatic heterocycles. The quantitative estimate of drug-likeness (QED) is 0.268. The molecule has 1 heterocycles. The summed E-state index contributed by atoms with van der Waals surface area (Å²) in [6, 6.07) is -0.699. The number of primary sulfonamides is 1. The number of carbonyl (C=O) groups excluding carboxylic acids is 3. The summed E-state index contributed by atoms with van der Waals surface area (Å²) in [5.74, 6) is -2.77.